The predicted molar refractivity (Wildman–Crippen MR) is 32.7 cm³/mol. The minimum absolute atomic E-state index is 0.0227. The molecule has 1 aliphatic rings. The minimum atomic E-state index is -2.51. The van der Waals surface area contributed by atoms with Crippen LogP contribution in [0.3, 0.4) is 0 Å². The average molecular weight is 147 g/mol. The second-order valence-corrected chi connectivity index (χ2v) is 2.84. The van der Waals surface area contributed by atoms with E-state index in [9.17, 15) is 13.6 Å². The number of carbonyl (C=O) groups excluding carboxylic acids is 1. The van der Waals surface area contributed by atoms with Crippen molar-refractivity contribution in [2.75, 3.05) is 0 Å². The lowest BCUT2D eigenvalue weighted by atomic mass is 9.78. The largest absolute Gasteiger partial charge is 0.300 e. The maximum Gasteiger partial charge on any atom is 0.249 e. The van der Waals surface area contributed by atoms with Gasteiger partial charge in [0, 0.05) is 19.3 Å². The number of hydrogen-bond donors (Lipinski definition) is 0. The summed E-state index contributed by atoms with van der Waals surface area (Å²) in [4.78, 5) is 10.4. The number of carbonyl (C=O) groups is 1. The van der Waals surface area contributed by atoms with Gasteiger partial charge in [-0.2, -0.15) is 0 Å². The van der Waals surface area contributed by atoms with Crippen LogP contribution < -0.4 is 0 Å². The lowest BCUT2D eigenvalue weighted by molar-refractivity contribution is -0.118. The summed E-state index contributed by atoms with van der Waals surface area (Å²) in [7, 11) is 0. The van der Waals surface area contributed by atoms with Crippen LogP contribution in [0.4, 0.5) is 8.78 Å². The van der Waals surface area contributed by atoms with Crippen LogP contribution in [0.5, 0.6) is 0 Å². The van der Waals surface area contributed by atoms with Gasteiger partial charge in [-0.05, 0) is 12.8 Å². The second-order valence-electron chi connectivity index (χ2n) is 2.84. The molecule has 0 atom stereocenters. The van der Waals surface area contributed by atoms with Gasteiger partial charge in [0.2, 0.25) is 5.92 Å². The molecule has 0 N–H and O–H groups in total. The number of alkyl halides is 2. The highest BCUT2D eigenvalue weighted by atomic mass is 19.3. The van der Waals surface area contributed by atoms with Gasteiger partial charge in [-0.25, -0.2) is 8.78 Å². The van der Waals surface area contributed by atoms with Crippen LogP contribution in [-0.2, 0) is 4.79 Å². The van der Waals surface area contributed by atoms with Gasteiger partial charge in [0.1, 0.15) is 5.78 Å². The molecule has 57 valence electrons. The van der Waals surface area contributed by atoms with Gasteiger partial charge in [-0.1, -0.05) is 0 Å². The van der Waals surface area contributed by atoms with Gasteiger partial charge in [-0.3, -0.25) is 0 Å². The Balaban J connectivity index is 2.21. The molecule has 0 heterocycles. The molecule has 0 saturated heterocycles. The summed E-state index contributed by atoms with van der Waals surface area (Å²) < 4.78 is 24.2. The van der Waals surface area contributed by atoms with E-state index in [0.717, 1.165) is 0 Å². The number of halogens is 2. The Morgan fingerprint density at radius 1 is 1.60 bits per heavy atom. The Morgan fingerprint density at radius 3 is 2.40 bits per heavy atom. The average Bonchev–Trinajstić information content (AvgIpc) is 1.57. The van der Waals surface area contributed by atoms with Crippen molar-refractivity contribution >= 4 is 5.78 Å². The van der Waals surface area contributed by atoms with Crippen molar-refractivity contribution in [1.82, 2.24) is 0 Å². The minimum Gasteiger partial charge on any atom is -0.300 e. The van der Waals surface area contributed by atoms with E-state index in [1.54, 1.807) is 0 Å². The van der Waals surface area contributed by atoms with Crippen molar-refractivity contribution < 1.29 is 13.6 Å². The fourth-order valence-corrected chi connectivity index (χ4v) is 1.16. The molecule has 1 nitrogen and oxygen atoms in total. The van der Waals surface area contributed by atoms with Crippen LogP contribution in [0.1, 0.15) is 26.2 Å². The highest BCUT2D eigenvalue weighted by Crippen LogP contribution is 2.45. The molecule has 10 heavy (non-hydrogen) atoms. The van der Waals surface area contributed by atoms with Crippen LogP contribution in [0, 0.1) is 5.92 Å². The topological polar surface area (TPSA) is 17.1 Å². The van der Waals surface area contributed by atoms with Gasteiger partial charge in [0.05, 0.1) is 0 Å². The van der Waals surface area contributed by atoms with Gasteiger partial charge in [0.25, 0.3) is 0 Å². The Labute approximate surface area is 58.4 Å². The van der Waals surface area contributed by atoms with Crippen LogP contribution in [0.2, 0.25) is 0 Å². The fraction of sp³-hybridized carbons (Fsp3) is 0.714. The van der Waals surface area contributed by atoms with Crippen molar-refractivity contribution in [3.05, 3.63) is 5.92 Å². The van der Waals surface area contributed by atoms with Crippen molar-refractivity contribution in [2.45, 2.75) is 32.1 Å². The number of hydrogen-bond acceptors (Lipinski definition) is 1. The van der Waals surface area contributed by atoms with Crippen LogP contribution in [0.15, 0.2) is 0 Å². The van der Waals surface area contributed by atoms with E-state index < -0.39 is 5.92 Å². The summed E-state index contributed by atoms with van der Waals surface area (Å²) in [6, 6.07) is 0. The monoisotopic (exact) mass is 147 g/mol. The van der Waals surface area contributed by atoms with E-state index >= 15 is 0 Å². The van der Waals surface area contributed by atoms with E-state index in [0.29, 0.717) is 5.92 Å². The van der Waals surface area contributed by atoms with Gasteiger partial charge >= 0.3 is 0 Å². The first-order valence-electron chi connectivity index (χ1n) is 3.20. The maximum absolute atomic E-state index is 12.1. The summed E-state index contributed by atoms with van der Waals surface area (Å²) in [6.45, 7) is 1.42. The Kier molecular flexibility index (Phi) is 1.75. The Morgan fingerprint density at radius 2 is 2.10 bits per heavy atom. The maximum atomic E-state index is 12.1. The molecule has 0 spiro atoms. The molecule has 1 fully saturated rings. The zero-order valence-corrected chi connectivity index (χ0v) is 5.79. The highest BCUT2D eigenvalue weighted by Gasteiger charge is 2.45. The summed E-state index contributed by atoms with van der Waals surface area (Å²) in [6.07, 6.45) is -0.102. The van der Waals surface area contributed by atoms with E-state index in [2.05, 4.69) is 0 Å². The van der Waals surface area contributed by atoms with E-state index in [1.165, 1.54) is 6.92 Å². The molecule has 1 aliphatic carbocycles. The summed E-state index contributed by atoms with van der Waals surface area (Å²) in [5.41, 5.74) is 0. The Bertz CT molecular complexity index is 146. The van der Waals surface area contributed by atoms with E-state index in [4.69, 9.17) is 0 Å². The standard InChI is InChI=1S/C7H9F2O/c1-5(10)2-6-3-7(8,9)4-6/h2-4H2,1H3. The SMILES string of the molecule is CC(=O)C[C]1CC(F)(F)C1. The predicted octanol–water partition coefficient (Wildman–Crippen LogP) is 1.97. The molecule has 0 aromatic carbocycles. The molecule has 1 radical (unpaired) electrons. The molecule has 0 amide bonds. The zero-order valence-electron chi connectivity index (χ0n) is 5.79. The van der Waals surface area contributed by atoms with Crippen molar-refractivity contribution in [2.24, 2.45) is 0 Å². The number of Topliss-reactive ketones (excluding diaryl/α,β-unsaturated/α-hetero) is 1. The van der Waals surface area contributed by atoms with Crippen LogP contribution in [0.25, 0.3) is 0 Å². The molecule has 0 unspecified atom stereocenters. The second kappa shape index (κ2) is 2.29. The number of rotatable bonds is 2. The lowest BCUT2D eigenvalue weighted by Crippen LogP contribution is -2.34. The fourth-order valence-electron chi connectivity index (χ4n) is 1.16. The third-order valence-corrected chi connectivity index (χ3v) is 1.52. The molecule has 0 aliphatic heterocycles. The smallest absolute Gasteiger partial charge is 0.249 e. The van der Waals surface area contributed by atoms with Gasteiger partial charge in [0.15, 0.2) is 0 Å². The Hall–Kier alpha value is -0.470. The quantitative estimate of drug-likeness (QED) is 0.583. The third kappa shape index (κ3) is 1.75. The van der Waals surface area contributed by atoms with Crippen molar-refractivity contribution in [3.8, 4) is 0 Å². The molecule has 0 aromatic heterocycles. The normalized spacial score (nSPS) is 23.9. The summed E-state index contributed by atoms with van der Waals surface area (Å²) in [5.74, 6) is -1.84. The van der Waals surface area contributed by atoms with Crippen LogP contribution >= 0.6 is 0 Å². The lowest BCUT2D eigenvalue weighted by Gasteiger charge is -2.33. The van der Waals surface area contributed by atoms with Crippen molar-refractivity contribution in [3.63, 3.8) is 0 Å². The molecule has 0 bridgehead atoms. The van der Waals surface area contributed by atoms with E-state index in [-0.39, 0.29) is 25.0 Å². The molecular weight excluding hydrogens is 138 g/mol. The van der Waals surface area contributed by atoms with Gasteiger partial charge < -0.3 is 4.79 Å². The first-order valence-corrected chi connectivity index (χ1v) is 3.20. The summed E-state index contributed by atoms with van der Waals surface area (Å²) >= 11 is 0. The molecular formula is C7H9F2O. The zero-order chi connectivity index (χ0) is 7.78. The van der Waals surface area contributed by atoms with Gasteiger partial charge in [-0.15, -0.1) is 0 Å². The van der Waals surface area contributed by atoms with Crippen molar-refractivity contribution in [1.29, 1.82) is 0 Å². The molecule has 0 aromatic rings. The first kappa shape index (κ1) is 7.63. The first-order chi connectivity index (χ1) is 4.49. The van der Waals surface area contributed by atoms with Crippen LogP contribution in [-0.4, -0.2) is 11.7 Å². The summed E-state index contributed by atoms with van der Waals surface area (Å²) in [5, 5.41) is 0. The molecule has 3 heteroatoms. The molecule has 1 saturated carbocycles. The highest BCUT2D eigenvalue weighted by molar-refractivity contribution is 5.77. The number of ketones is 1. The van der Waals surface area contributed by atoms with E-state index in [1.807, 2.05) is 0 Å². The third-order valence-electron chi connectivity index (χ3n) is 1.52. The molecule has 1 rings (SSSR count).